The summed E-state index contributed by atoms with van der Waals surface area (Å²) in [6, 6.07) is 4.72. The molecule has 0 aliphatic rings. The molecular formula is C16H21N3O4. The standard InChI is InChI=1S/C16H21N3O4/c1-4-10(2)17-14(20)11-5-6-12-13(9-11)18-16(22)19(15(12)21)7-8-23-3/h5-6,9-10H,4,7-8H2,1-3H3,(H,17,20)(H,18,22)/t10-/m1/s1. The number of nitrogens with zero attached hydrogens (tertiary/aromatic N) is 1. The molecule has 0 aliphatic carbocycles. The molecule has 7 heteroatoms. The van der Waals surface area contributed by atoms with Gasteiger partial charge in [0, 0.05) is 18.7 Å². The van der Waals surface area contributed by atoms with Gasteiger partial charge in [0.05, 0.1) is 24.1 Å². The third-order valence-corrected chi connectivity index (χ3v) is 3.75. The highest BCUT2D eigenvalue weighted by Gasteiger charge is 2.12. The molecule has 23 heavy (non-hydrogen) atoms. The molecule has 0 saturated carbocycles. The number of aromatic nitrogens is 2. The third kappa shape index (κ3) is 3.68. The molecule has 1 aromatic carbocycles. The van der Waals surface area contributed by atoms with Crippen LogP contribution in [0, 0.1) is 0 Å². The van der Waals surface area contributed by atoms with E-state index in [9.17, 15) is 14.4 Å². The van der Waals surface area contributed by atoms with Crippen LogP contribution in [0.5, 0.6) is 0 Å². The number of carbonyl (C=O) groups excluding carboxylic acids is 1. The molecule has 1 amide bonds. The van der Waals surface area contributed by atoms with E-state index < -0.39 is 11.2 Å². The lowest BCUT2D eigenvalue weighted by Gasteiger charge is -2.12. The van der Waals surface area contributed by atoms with Crippen LogP contribution in [-0.4, -0.2) is 35.2 Å². The van der Waals surface area contributed by atoms with Gasteiger partial charge in [-0.2, -0.15) is 0 Å². The van der Waals surface area contributed by atoms with Crippen molar-refractivity contribution in [2.75, 3.05) is 13.7 Å². The van der Waals surface area contributed by atoms with Crippen LogP contribution in [-0.2, 0) is 11.3 Å². The summed E-state index contributed by atoms with van der Waals surface area (Å²) < 4.78 is 5.99. The molecule has 1 atom stereocenters. The zero-order chi connectivity index (χ0) is 17.0. The summed E-state index contributed by atoms with van der Waals surface area (Å²) >= 11 is 0. The van der Waals surface area contributed by atoms with Crippen LogP contribution < -0.4 is 16.6 Å². The number of ether oxygens (including phenoxy) is 1. The van der Waals surface area contributed by atoms with Crippen LogP contribution in [0.3, 0.4) is 0 Å². The Hall–Kier alpha value is -2.41. The molecule has 0 fully saturated rings. The van der Waals surface area contributed by atoms with Crippen LogP contribution in [0.1, 0.15) is 30.6 Å². The number of H-pyrrole nitrogens is 1. The summed E-state index contributed by atoms with van der Waals surface area (Å²) in [4.78, 5) is 39.1. The molecule has 0 unspecified atom stereocenters. The van der Waals surface area contributed by atoms with Gasteiger partial charge in [0.2, 0.25) is 0 Å². The molecule has 2 aromatic rings. The minimum atomic E-state index is -0.515. The number of amides is 1. The van der Waals surface area contributed by atoms with E-state index in [0.29, 0.717) is 16.5 Å². The van der Waals surface area contributed by atoms with Crippen molar-refractivity contribution >= 4 is 16.8 Å². The van der Waals surface area contributed by atoms with Crippen molar-refractivity contribution < 1.29 is 9.53 Å². The normalized spacial score (nSPS) is 12.3. The van der Waals surface area contributed by atoms with Crippen molar-refractivity contribution in [1.82, 2.24) is 14.9 Å². The van der Waals surface area contributed by atoms with Crippen LogP contribution in [0.4, 0.5) is 0 Å². The fraction of sp³-hybridized carbons (Fsp3) is 0.438. The first-order valence-corrected chi connectivity index (χ1v) is 7.54. The molecule has 1 heterocycles. The number of hydrogen-bond acceptors (Lipinski definition) is 4. The Morgan fingerprint density at radius 3 is 2.78 bits per heavy atom. The van der Waals surface area contributed by atoms with Gasteiger partial charge in [-0.05, 0) is 31.5 Å². The molecule has 2 N–H and O–H groups in total. The molecule has 0 radical (unpaired) electrons. The molecule has 0 aliphatic heterocycles. The first-order chi connectivity index (χ1) is 11.0. The molecular weight excluding hydrogens is 298 g/mol. The van der Waals surface area contributed by atoms with Crippen molar-refractivity contribution in [3.63, 3.8) is 0 Å². The highest BCUT2D eigenvalue weighted by Crippen LogP contribution is 2.09. The Morgan fingerprint density at radius 1 is 1.39 bits per heavy atom. The summed E-state index contributed by atoms with van der Waals surface area (Å²) in [6.45, 7) is 4.33. The van der Waals surface area contributed by atoms with Gasteiger partial charge < -0.3 is 15.0 Å². The second-order valence-electron chi connectivity index (χ2n) is 5.42. The highest BCUT2D eigenvalue weighted by molar-refractivity contribution is 5.97. The minimum absolute atomic E-state index is 0.0549. The first kappa shape index (κ1) is 17.0. The van der Waals surface area contributed by atoms with Gasteiger partial charge in [0.15, 0.2) is 0 Å². The predicted octanol–water partition coefficient (Wildman–Crippen LogP) is 0.865. The maximum absolute atomic E-state index is 12.3. The van der Waals surface area contributed by atoms with Gasteiger partial charge >= 0.3 is 5.69 Å². The molecule has 124 valence electrons. The summed E-state index contributed by atoms with van der Waals surface area (Å²) in [6.07, 6.45) is 0.820. The van der Waals surface area contributed by atoms with E-state index in [-0.39, 0.29) is 25.1 Å². The van der Waals surface area contributed by atoms with Crippen molar-refractivity contribution in [2.24, 2.45) is 0 Å². The molecule has 0 bridgehead atoms. The van der Waals surface area contributed by atoms with Crippen molar-refractivity contribution in [1.29, 1.82) is 0 Å². The number of carbonyl (C=O) groups is 1. The molecule has 1 aromatic heterocycles. The molecule has 7 nitrogen and oxygen atoms in total. The zero-order valence-electron chi connectivity index (χ0n) is 13.5. The fourth-order valence-corrected chi connectivity index (χ4v) is 2.19. The lowest BCUT2D eigenvalue weighted by molar-refractivity contribution is 0.0939. The van der Waals surface area contributed by atoms with E-state index in [1.807, 2.05) is 13.8 Å². The molecule has 2 rings (SSSR count). The number of benzene rings is 1. The van der Waals surface area contributed by atoms with Crippen molar-refractivity contribution in [3.05, 3.63) is 44.6 Å². The van der Waals surface area contributed by atoms with Crippen LogP contribution in [0.25, 0.3) is 10.9 Å². The van der Waals surface area contributed by atoms with Gasteiger partial charge in [-0.25, -0.2) is 4.79 Å². The average Bonchev–Trinajstić information content (AvgIpc) is 2.53. The SMILES string of the molecule is CC[C@@H](C)NC(=O)c1ccc2c(=O)n(CCOC)c(=O)[nH]c2c1. The summed E-state index contributed by atoms with van der Waals surface area (Å²) in [5.74, 6) is -0.231. The van der Waals surface area contributed by atoms with Gasteiger partial charge in [0.25, 0.3) is 11.5 Å². The topological polar surface area (TPSA) is 93.2 Å². The number of hydrogen-bond donors (Lipinski definition) is 2. The highest BCUT2D eigenvalue weighted by atomic mass is 16.5. The first-order valence-electron chi connectivity index (χ1n) is 7.54. The number of rotatable bonds is 6. The van der Waals surface area contributed by atoms with Crippen LogP contribution in [0.15, 0.2) is 27.8 Å². The number of nitrogens with one attached hydrogen (secondary N) is 2. The van der Waals surface area contributed by atoms with E-state index >= 15 is 0 Å². The van der Waals surface area contributed by atoms with Crippen molar-refractivity contribution in [2.45, 2.75) is 32.9 Å². The fourth-order valence-electron chi connectivity index (χ4n) is 2.19. The van der Waals surface area contributed by atoms with Gasteiger partial charge in [-0.15, -0.1) is 0 Å². The Bertz CT molecular complexity index is 822. The Balaban J connectivity index is 2.43. The van der Waals surface area contributed by atoms with E-state index in [0.717, 1.165) is 11.0 Å². The van der Waals surface area contributed by atoms with Gasteiger partial charge in [-0.1, -0.05) is 6.92 Å². The third-order valence-electron chi connectivity index (χ3n) is 3.75. The van der Waals surface area contributed by atoms with E-state index in [1.54, 1.807) is 12.1 Å². The summed E-state index contributed by atoms with van der Waals surface area (Å²) in [7, 11) is 1.50. The Kier molecular flexibility index (Phi) is 5.33. The second kappa shape index (κ2) is 7.23. The average molecular weight is 319 g/mol. The van der Waals surface area contributed by atoms with Gasteiger partial charge in [0.1, 0.15) is 0 Å². The molecule has 0 spiro atoms. The predicted molar refractivity (Wildman–Crippen MR) is 87.9 cm³/mol. The minimum Gasteiger partial charge on any atom is -0.383 e. The summed E-state index contributed by atoms with van der Waals surface area (Å²) in [5, 5.41) is 3.21. The maximum atomic E-state index is 12.3. The maximum Gasteiger partial charge on any atom is 0.328 e. The monoisotopic (exact) mass is 319 g/mol. The quantitative estimate of drug-likeness (QED) is 0.826. The Morgan fingerprint density at radius 2 is 2.13 bits per heavy atom. The van der Waals surface area contributed by atoms with Gasteiger partial charge in [-0.3, -0.25) is 14.2 Å². The van der Waals surface area contributed by atoms with E-state index in [1.165, 1.54) is 13.2 Å². The zero-order valence-corrected chi connectivity index (χ0v) is 13.5. The largest absolute Gasteiger partial charge is 0.383 e. The van der Waals surface area contributed by atoms with E-state index in [2.05, 4.69) is 10.3 Å². The van der Waals surface area contributed by atoms with Crippen molar-refractivity contribution in [3.8, 4) is 0 Å². The Labute approximate surface area is 133 Å². The van der Waals surface area contributed by atoms with Crippen LogP contribution in [0.2, 0.25) is 0 Å². The number of fused-ring (bicyclic) bond motifs is 1. The summed E-state index contributed by atoms with van der Waals surface area (Å²) in [5.41, 5.74) is -0.151. The lowest BCUT2D eigenvalue weighted by Crippen LogP contribution is -2.36. The number of methoxy groups -OCH3 is 1. The van der Waals surface area contributed by atoms with E-state index in [4.69, 9.17) is 4.74 Å². The lowest BCUT2D eigenvalue weighted by atomic mass is 10.1. The van der Waals surface area contributed by atoms with Crippen LogP contribution >= 0.6 is 0 Å². The number of aromatic amines is 1. The molecule has 0 saturated heterocycles. The smallest absolute Gasteiger partial charge is 0.328 e. The second-order valence-corrected chi connectivity index (χ2v) is 5.42.